The summed E-state index contributed by atoms with van der Waals surface area (Å²) in [4.78, 5) is 12.2. The van der Waals surface area contributed by atoms with Gasteiger partial charge >= 0.3 is 0 Å². The Labute approximate surface area is 169 Å². The van der Waals surface area contributed by atoms with Crippen molar-refractivity contribution in [2.45, 2.75) is 50.7 Å². The number of hydrogen-bond acceptors (Lipinski definition) is 6. The number of nitrogens with zero attached hydrogens (tertiary/aromatic N) is 3. The molecule has 3 aromatic rings. The molecule has 0 bridgehead atoms. The van der Waals surface area contributed by atoms with Crippen LogP contribution in [0.2, 0.25) is 0 Å². The number of furan rings is 1. The summed E-state index contributed by atoms with van der Waals surface area (Å²) in [6.07, 6.45) is 12.6. The molecule has 6 heteroatoms. The molecule has 28 heavy (non-hydrogen) atoms. The molecule has 146 valence electrons. The Kier molecular flexibility index (Phi) is 4.69. The van der Waals surface area contributed by atoms with Gasteiger partial charge in [-0.3, -0.25) is 0 Å². The molecule has 1 fully saturated rings. The molecule has 0 atom stereocenters. The third-order valence-electron chi connectivity index (χ3n) is 5.93. The molecule has 0 amide bonds. The lowest BCUT2D eigenvalue weighted by atomic mass is 9.92. The summed E-state index contributed by atoms with van der Waals surface area (Å²) in [5, 5.41) is 3.10. The van der Waals surface area contributed by atoms with E-state index >= 15 is 0 Å². The SMILES string of the molecule is CN(C)[C@H]1CC[C@H](Oc2ncnc3scc(-c4cc5c(o4)CCC=C5)c23)CC1. The highest BCUT2D eigenvalue weighted by Crippen LogP contribution is 2.40. The lowest BCUT2D eigenvalue weighted by Crippen LogP contribution is -2.35. The summed E-state index contributed by atoms with van der Waals surface area (Å²) in [7, 11) is 4.32. The molecule has 0 aliphatic heterocycles. The van der Waals surface area contributed by atoms with Crippen LogP contribution in [0, 0.1) is 0 Å². The molecular formula is C22H25N3O2S. The molecule has 3 aromatic heterocycles. The largest absolute Gasteiger partial charge is 0.474 e. The van der Waals surface area contributed by atoms with Gasteiger partial charge in [0.1, 0.15) is 28.8 Å². The molecule has 0 radical (unpaired) electrons. The van der Waals surface area contributed by atoms with E-state index in [9.17, 15) is 0 Å². The summed E-state index contributed by atoms with van der Waals surface area (Å²) in [5.74, 6) is 2.65. The third kappa shape index (κ3) is 3.25. The lowest BCUT2D eigenvalue weighted by Gasteiger charge is -2.32. The van der Waals surface area contributed by atoms with Gasteiger partial charge in [-0.1, -0.05) is 12.2 Å². The Morgan fingerprint density at radius 3 is 2.82 bits per heavy atom. The van der Waals surface area contributed by atoms with Crippen molar-refractivity contribution < 1.29 is 9.15 Å². The van der Waals surface area contributed by atoms with Crippen LogP contribution in [0.4, 0.5) is 0 Å². The number of fused-ring (bicyclic) bond motifs is 2. The first-order chi connectivity index (χ1) is 13.7. The van der Waals surface area contributed by atoms with Crippen LogP contribution in [0.15, 0.2) is 28.3 Å². The predicted molar refractivity (Wildman–Crippen MR) is 113 cm³/mol. The van der Waals surface area contributed by atoms with Crippen molar-refractivity contribution in [1.82, 2.24) is 14.9 Å². The number of aromatic nitrogens is 2. The summed E-state index contributed by atoms with van der Waals surface area (Å²) in [5.41, 5.74) is 2.22. The van der Waals surface area contributed by atoms with Crippen LogP contribution >= 0.6 is 11.3 Å². The molecular weight excluding hydrogens is 370 g/mol. The highest BCUT2D eigenvalue weighted by Gasteiger charge is 2.26. The molecule has 0 saturated heterocycles. The molecule has 1 saturated carbocycles. The fraction of sp³-hybridized carbons (Fsp3) is 0.455. The molecule has 0 aromatic carbocycles. The van der Waals surface area contributed by atoms with Crippen LogP contribution in [0.25, 0.3) is 27.6 Å². The van der Waals surface area contributed by atoms with Crippen LogP contribution < -0.4 is 4.74 Å². The highest BCUT2D eigenvalue weighted by molar-refractivity contribution is 7.17. The molecule has 3 heterocycles. The summed E-state index contributed by atoms with van der Waals surface area (Å²) >= 11 is 1.62. The Hall–Kier alpha value is -2.18. The molecule has 2 aliphatic rings. The molecule has 0 spiro atoms. The lowest BCUT2D eigenvalue weighted by molar-refractivity contribution is 0.108. The first-order valence-corrected chi connectivity index (χ1v) is 10.9. The fourth-order valence-corrected chi connectivity index (χ4v) is 5.18. The van der Waals surface area contributed by atoms with Gasteiger partial charge < -0.3 is 14.1 Å². The number of rotatable bonds is 4. The van der Waals surface area contributed by atoms with Crippen molar-refractivity contribution in [3.05, 3.63) is 35.2 Å². The number of aryl methyl sites for hydroxylation is 1. The summed E-state index contributed by atoms with van der Waals surface area (Å²) in [6, 6.07) is 2.79. The van der Waals surface area contributed by atoms with Gasteiger partial charge in [0.15, 0.2) is 0 Å². The van der Waals surface area contributed by atoms with Crippen molar-refractivity contribution in [3.8, 4) is 17.2 Å². The van der Waals surface area contributed by atoms with Crippen molar-refractivity contribution >= 4 is 27.6 Å². The topological polar surface area (TPSA) is 51.4 Å². The van der Waals surface area contributed by atoms with E-state index in [0.29, 0.717) is 11.9 Å². The number of hydrogen-bond donors (Lipinski definition) is 0. The Balaban J connectivity index is 1.45. The molecule has 0 unspecified atom stereocenters. The van der Waals surface area contributed by atoms with Crippen LogP contribution in [-0.2, 0) is 6.42 Å². The molecule has 5 rings (SSSR count). The normalized spacial score (nSPS) is 22.0. The molecule has 2 aliphatic carbocycles. The maximum Gasteiger partial charge on any atom is 0.226 e. The van der Waals surface area contributed by atoms with Crippen LogP contribution in [0.1, 0.15) is 43.4 Å². The standard InChI is InChI=1S/C22H25N3O2S/c1-25(2)15-7-9-16(10-8-15)26-21-20-17(12-28-22(20)24-13-23-21)19-11-14-5-3-4-6-18(14)27-19/h3,5,11-13,15-16H,4,6-10H2,1-2H3/t15-,16-. The Morgan fingerprint density at radius 2 is 2.04 bits per heavy atom. The minimum atomic E-state index is 0.217. The monoisotopic (exact) mass is 395 g/mol. The van der Waals surface area contributed by atoms with E-state index in [0.717, 1.165) is 53.0 Å². The maximum atomic E-state index is 6.40. The Morgan fingerprint density at radius 1 is 1.18 bits per heavy atom. The number of ether oxygens (including phenoxy) is 1. The van der Waals surface area contributed by atoms with E-state index in [-0.39, 0.29) is 6.10 Å². The second kappa shape index (κ2) is 7.33. The summed E-state index contributed by atoms with van der Waals surface area (Å²) < 4.78 is 12.6. The van der Waals surface area contributed by atoms with Gasteiger partial charge in [0, 0.05) is 29.0 Å². The zero-order chi connectivity index (χ0) is 19.1. The van der Waals surface area contributed by atoms with Crippen LogP contribution in [-0.4, -0.2) is 41.1 Å². The fourth-order valence-electron chi connectivity index (χ4n) is 4.29. The van der Waals surface area contributed by atoms with Crippen molar-refractivity contribution in [1.29, 1.82) is 0 Å². The average molecular weight is 396 g/mol. The predicted octanol–water partition coefficient (Wildman–Crippen LogP) is 5.16. The van der Waals surface area contributed by atoms with Gasteiger partial charge in [-0.2, -0.15) is 0 Å². The summed E-state index contributed by atoms with van der Waals surface area (Å²) in [6.45, 7) is 0. The van der Waals surface area contributed by atoms with Gasteiger partial charge in [-0.15, -0.1) is 11.3 Å². The van der Waals surface area contributed by atoms with E-state index in [1.165, 1.54) is 18.4 Å². The first kappa shape index (κ1) is 17.9. The first-order valence-electron chi connectivity index (χ1n) is 10.0. The minimum Gasteiger partial charge on any atom is -0.474 e. The third-order valence-corrected chi connectivity index (χ3v) is 6.82. The van der Waals surface area contributed by atoms with Gasteiger partial charge in [-0.25, -0.2) is 9.97 Å². The van der Waals surface area contributed by atoms with Gasteiger partial charge in [0.25, 0.3) is 0 Å². The van der Waals surface area contributed by atoms with E-state index in [4.69, 9.17) is 9.15 Å². The van der Waals surface area contributed by atoms with E-state index in [1.807, 2.05) is 0 Å². The van der Waals surface area contributed by atoms with Gasteiger partial charge in [0.05, 0.1) is 5.39 Å². The number of allylic oxidation sites excluding steroid dienone is 1. The second-order valence-electron chi connectivity index (χ2n) is 7.95. The Bertz CT molecular complexity index is 1010. The van der Waals surface area contributed by atoms with E-state index in [1.54, 1.807) is 17.7 Å². The van der Waals surface area contributed by atoms with E-state index < -0.39 is 0 Å². The van der Waals surface area contributed by atoms with Crippen LogP contribution in [0.5, 0.6) is 5.88 Å². The van der Waals surface area contributed by atoms with E-state index in [2.05, 4.69) is 52.6 Å². The zero-order valence-electron chi connectivity index (χ0n) is 16.4. The zero-order valence-corrected chi connectivity index (χ0v) is 17.2. The number of thiophene rings is 1. The average Bonchev–Trinajstić information content (AvgIpc) is 3.33. The quantitative estimate of drug-likeness (QED) is 0.610. The van der Waals surface area contributed by atoms with Gasteiger partial charge in [-0.05, 0) is 52.3 Å². The molecule has 0 N–H and O–H groups in total. The van der Waals surface area contributed by atoms with Crippen molar-refractivity contribution in [2.75, 3.05) is 14.1 Å². The highest BCUT2D eigenvalue weighted by atomic mass is 32.1. The van der Waals surface area contributed by atoms with Crippen molar-refractivity contribution in [2.24, 2.45) is 0 Å². The maximum absolute atomic E-state index is 6.40. The van der Waals surface area contributed by atoms with Crippen LogP contribution in [0.3, 0.4) is 0 Å². The second-order valence-corrected chi connectivity index (χ2v) is 8.81. The molecule has 5 nitrogen and oxygen atoms in total. The smallest absolute Gasteiger partial charge is 0.226 e. The minimum absolute atomic E-state index is 0.217. The van der Waals surface area contributed by atoms with Crippen molar-refractivity contribution in [3.63, 3.8) is 0 Å². The van der Waals surface area contributed by atoms with Gasteiger partial charge in [0.2, 0.25) is 5.88 Å².